The topological polar surface area (TPSA) is 118 Å². The van der Waals surface area contributed by atoms with Gasteiger partial charge in [-0.05, 0) is 31.2 Å². The van der Waals surface area contributed by atoms with E-state index < -0.39 is 22.5 Å². The van der Waals surface area contributed by atoms with Gasteiger partial charge in [-0.1, -0.05) is 24.3 Å². The Morgan fingerprint density at radius 1 is 1.16 bits per heavy atom. The molecule has 0 aliphatic rings. The number of hydrogen-bond donors (Lipinski definition) is 1. The van der Waals surface area contributed by atoms with Crippen molar-refractivity contribution >= 4 is 33.6 Å². The molecule has 0 saturated carbocycles. The number of para-hydroxylation sites is 3. The van der Waals surface area contributed by atoms with E-state index in [0.29, 0.717) is 16.6 Å². The summed E-state index contributed by atoms with van der Waals surface area (Å²) in [5, 5.41) is 10.3. The number of rotatable bonds is 3. The number of aromatic amines is 1. The number of esters is 1. The Morgan fingerprint density at radius 3 is 2.69 bits per heavy atom. The van der Waals surface area contributed by atoms with Crippen LogP contribution in [-0.4, -0.2) is 22.0 Å². The highest BCUT2D eigenvalue weighted by Crippen LogP contribution is 2.30. The molecule has 0 bridgehead atoms. The molecule has 0 unspecified atom stereocenters. The van der Waals surface area contributed by atoms with E-state index in [2.05, 4.69) is 11.1 Å². The van der Waals surface area contributed by atoms with Crippen molar-refractivity contribution < 1.29 is 13.9 Å². The fraction of sp³-hybridized carbons (Fsp3) is 0.0833. The maximum atomic E-state index is 13.6. The second kappa shape index (κ2) is 7.25. The Hall–Kier alpha value is -4.64. The van der Waals surface area contributed by atoms with Crippen molar-refractivity contribution in [3.8, 4) is 17.2 Å². The maximum absolute atomic E-state index is 13.6. The van der Waals surface area contributed by atoms with Gasteiger partial charge < -0.3 is 14.1 Å². The zero-order valence-electron chi connectivity index (χ0n) is 16.8. The number of carbonyl (C=O) groups is 1. The summed E-state index contributed by atoms with van der Waals surface area (Å²) >= 11 is 0. The van der Waals surface area contributed by atoms with Crippen molar-refractivity contribution in [3.63, 3.8) is 0 Å². The van der Waals surface area contributed by atoms with Crippen LogP contribution < -0.4 is 11.0 Å². The minimum Gasteiger partial charge on any atom is -0.463 e. The largest absolute Gasteiger partial charge is 0.463 e. The molecule has 0 atom stereocenters. The van der Waals surface area contributed by atoms with Crippen LogP contribution in [-0.2, 0) is 4.74 Å². The van der Waals surface area contributed by atoms with E-state index in [4.69, 9.17) is 9.15 Å². The van der Waals surface area contributed by atoms with Gasteiger partial charge in [0.2, 0.25) is 5.43 Å². The number of pyridine rings is 1. The van der Waals surface area contributed by atoms with E-state index in [1.807, 2.05) is 0 Å². The smallest absolute Gasteiger partial charge is 0.344 e. The molecule has 156 valence electrons. The molecule has 32 heavy (non-hydrogen) atoms. The van der Waals surface area contributed by atoms with E-state index in [-0.39, 0.29) is 34.3 Å². The first-order valence-corrected chi connectivity index (χ1v) is 9.84. The van der Waals surface area contributed by atoms with E-state index in [1.54, 1.807) is 55.5 Å². The molecule has 2 aromatic carbocycles. The van der Waals surface area contributed by atoms with Crippen LogP contribution >= 0.6 is 0 Å². The third-order valence-corrected chi connectivity index (χ3v) is 5.32. The normalized spacial score (nSPS) is 11.1. The second-order valence-electron chi connectivity index (χ2n) is 7.06. The average Bonchev–Trinajstić information content (AvgIpc) is 3.19. The van der Waals surface area contributed by atoms with Crippen LogP contribution in [0.5, 0.6) is 0 Å². The quantitative estimate of drug-likeness (QED) is 0.441. The van der Waals surface area contributed by atoms with Crippen molar-refractivity contribution in [1.82, 2.24) is 9.38 Å². The van der Waals surface area contributed by atoms with Crippen LogP contribution in [0.25, 0.3) is 38.8 Å². The van der Waals surface area contributed by atoms with Gasteiger partial charge in [0.15, 0.2) is 0 Å². The van der Waals surface area contributed by atoms with Crippen LogP contribution in [0.2, 0.25) is 0 Å². The second-order valence-corrected chi connectivity index (χ2v) is 7.06. The van der Waals surface area contributed by atoms with Gasteiger partial charge in [-0.2, -0.15) is 5.26 Å². The number of nitrogens with zero attached hydrogens (tertiary/aromatic N) is 2. The maximum Gasteiger partial charge on any atom is 0.344 e. The van der Waals surface area contributed by atoms with Crippen LogP contribution in [0.4, 0.5) is 0 Å². The van der Waals surface area contributed by atoms with Crippen LogP contribution in [0.1, 0.15) is 22.8 Å². The van der Waals surface area contributed by atoms with Crippen molar-refractivity contribution in [2.75, 3.05) is 6.61 Å². The summed E-state index contributed by atoms with van der Waals surface area (Å²) in [4.78, 5) is 42.8. The molecule has 3 aromatic heterocycles. The zero-order valence-corrected chi connectivity index (χ0v) is 16.8. The summed E-state index contributed by atoms with van der Waals surface area (Å²) in [6, 6.07) is 15.6. The number of fused-ring (bicyclic) bond motifs is 4. The lowest BCUT2D eigenvalue weighted by molar-refractivity contribution is 0.0525. The lowest BCUT2D eigenvalue weighted by Gasteiger charge is -2.12. The molecule has 0 amide bonds. The van der Waals surface area contributed by atoms with Crippen molar-refractivity contribution in [3.05, 3.63) is 86.5 Å². The van der Waals surface area contributed by atoms with Gasteiger partial charge in [0.1, 0.15) is 34.7 Å². The number of carbonyl (C=O) groups excluding carboxylic acids is 1. The molecule has 0 saturated heterocycles. The van der Waals surface area contributed by atoms with E-state index in [0.717, 1.165) is 0 Å². The molecule has 8 heteroatoms. The van der Waals surface area contributed by atoms with Crippen LogP contribution in [0, 0.1) is 11.3 Å². The average molecular weight is 425 g/mol. The highest BCUT2D eigenvalue weighted by atomic mass is 16.5. The highest BCUT2D eigenvalue weighted by molar-refractivity contribution is 6.02. The molecule has 5 aromatic rings. The van der Waals surface area contributed by atoms with Crippen molar-refractivity contribution in [2.24, 2.45) is 0 Å². The van der Waals surface area contributed by atoms with Gasteiger partial charge in [-0.25, -0.2) is 4.79 Å². The van der Waals surface area contributed by atoms with Crippen LogP contribution in [0.15, 0.2) is 68.8 Å². The van der Waals surface area contributed by atoms with Gasteiger partial charge in [0.05, 0.1) is 28.6 Å². The Labute approximate surface area is 179 Å². The van der Waals surface area contributed by atoms with Gasteiger partial charge in [0, 0.05) is 5.56 Å². The predicted molar refractivity (Wildman–Crippen MR) is 118 cm³/mol. The number of nitrogens with one attached hydrogen (secondary N) is 1. The number of nitriles is 1. The molecule has 8 nitrogen and oxygen atoms in total. The summed E-state index contributed by atoms with van der Waals surface area (Å²) in [5.74, 6) is -0.920. The standard InChI is InChI=1S/C24H15N3O5/c1-2-31-24(30)20-19(15-12-32-18-10-6-3-7-13(18)21(15)28)14(11-25)22-26-16-8-4-5-9-17(16)27(22)23(20)29/h3-10,12,26H,2H2,1H3. The molecule has 3 heterocycles. The first-order valence-electron chi connectivity index (χ1n) is 9.84. The molecular formula is C24H15N3O5. The van der Waals surface area contributed by atoms with E-state index in [1.165, 1.54) is 10.7 Å². The monoisotopic (exact) mass is 425 g/mol. The summed E-state index contributed by atoms with van der Waals surface area (Å²) in [5.41, 5.74) is -0.158. The van der Waals surface area contributed by atoms with E-state index >= 15 is 0 Å². The number of hydrogen-bond acceptors (Lipinski definition) is 6. The summed E-state index contributed by atoms with van der Waals surface area (Å²) in [7, 11) is 0. The lowest BCUT2D eigenvalue weighted by Crippen LogP contribution is -2.26. The molecule has 0 radical (unpaired) electrons. The minimum absolute atomic E-state index is 0.0164. The number of benzene rings is 2. The Bertz CT molecular complexity index is 1720. The van der Waals surface area contributed by atoms with E-state index in [9.17, 15) is 19.6 Å². The molecule has 0 aliphatic heterocycles. The van der Waals surface area contributed by atoms with Gasteiger partial charge in [-0.3, -0.25) is 14.0 Å². The van der Waals surface area contributed by atoms with Gasteiger partial charge >= 0.3 is 5.97 Å². The molecule has 1 N–H and O–H groups in total. The highest BCUT2D eigenvalue weighted by Gasteiger charge is 2.29. The number of imidazole rings is 1. The first kappa shape index (κ1) is 19.3. The number of ether oxygens (including phenoxy) is 1. The molecular weight excluding hydrogens is 410 g/mol. The first-order chi connectivity index (χ1) is 15.6. The summed E-state index contributed by atoms with van der Waals surface area (Å²) < 4.78 is 12.0. The Balaban J connectivity index is 2.02. The third-order valence-electron chi connectivity index (χ3n) is 5.32. The Kier molecular flexibility index (Phi) is 4.38. The fourth-order valence-electron chi connectivity index (χ4n) is 3.95. The number of aromatic nitrogens is 2. The Morgan fingerprint density at radius 2 is 1.91 bits per heavy atom. The third kappa shape index (κ3) is 2.65. The molecule has 5 rings (SSSR count). The number of H-pyrrole nitrogens is 1. The summed E-state index contributed by atoms with van der Waals surface area (Å²) in [6.07, 6.45) is 1.17. The molecule has 0 aliphatic carbocycles. The van der Waals surface area contributed by atoms with Crippen molar-refractivity contribution in [2.45, 2.75) is 6.92 Å². The summed E-state index contributed by atoms with van der Waals surface area (Å²) in [6.45, 7) is 1.62. The SMILES string of the molecule is CCOC(=O)c1c(-c2coc3ccccc3c2=O)c(C#N)c2[nH]c3ccccc3n2c1=O. The van der Waals surface area contributed by atoms with Crippen molar-refractivity contribution in [1.29, 1.82) is 5.26 Å². The van der Waals surface area contributed by atoms with Crippen LogP contribution in [0.3, 0.4) is 0 Å². The minimum atomic E-state index is -0.920. The lowest BCUT2D eigenvalue weighted by atomic mass is 9.96. The fourth-order valence-corrected chi connectivity index (χ4v) is 3.95. The zero-order chi connectivity index (χ0) is 22.4. The van der Waals surface area contributed by atoms with Gasteiger partial charge in [0.25, 0.3) is 5.56 Å². The molecule has 0 spiro atoms. The molecule has 0 fully saturated rings. The predicted octanol–water partition coefficient (Wildman–Crippen LogP) is 3.60. The van der Waals surface area contributed by atoms with Gasteiger partial charge in [-0.15, -0.1) is 0 Å².